The van der Waals surface area contributed by atoms with E-state index in [1.807, 2.05) is 48.7 Å². The summed E-state index contributed by atoms with van der Waals surface area (Å²) in [6.45, 7) is 1.84. The summed E-state index contributed by atoms with van der Waals surface area (Å²) in [5.74, 6) is 0.386. The molecule has 122 valence electrons. The summed E-state index contributed by atoms with van der Waals surface area (Å²) in [5.41, 5.74) is 0.778. The van der Waals surface area contributed by atoms with E-state index in [-0.39, 0.29) is 12.5 Å². The lowest BCUT2D eigenvalue weighted by Gasteiger charge is -2.17. The molecule has 5 heteroatoms. The molecule has 2 aromatic rings. The van der Waals surface area contributed by atoms with Gasteiger partial charge in [-0.1, -0.05) is 30.3 Å². The number of rotatable bonds is 7. The Balaban J connectivity index is 1.82. The third-order valence-electron chi connectivity index (χ3n) is 3.40. The number of ether oxygens (including phenoxy) is 1. The van der Waals surface area contributed by atoms with Crippen LogP contribution in [0.25, 0.3) is 0 Å². The Hall–Kier alpha value is -1.98. The summed E-state index contributed by atoms with van der Waals surface area (Å²) in [6.07, 6.45) is 0.641. The molecule has 2 atom stereocenters. The maximum Gasteiger partial charge on any atom is 0.260 e. The van der Waals surface area contributed by atoms with Crippen LogP contribution in [0.15, 0.2) is 59.5 Å². The Morgan fingerprint density at radius 2 is 1.83 bits per heavy atom. The Morgan fingerprint density at radius 3 is 2.43 bits per heavy atom. The van der Waals surface area contributed by atoms with Crippen molar-refractivity contribution in [2.75, 3.05) is 12.8 Å². The summed E-state index contributed by atoms with van der Waals surface area (Å²) >= 11 is 1.64. The van der Waals surface area contributed by atoms with E-state index in [9.17, 15) is 9.90 Å². The predicted octanol–water partition coefficient (Wildman–Crippen LogP) is 3.03. The Bertz CT molecular complexity index is 616. The van der Waals surface area contributed by atoms with Crippen molar-refractivity contribution in [2.24, 2.45) is 0 Å². The predicted molar refractivity (Wildman–Crippen MR) is 92.7 cm³/mol. The first kappa shape index (κ1) is 17.4. The first-order chi connectivity index (χ1) is 11.1. The quantitative estimate of drug-likeness (QED) is 0.766. The van der Waals surface area contributed by atoms with Crippen LogP contribution in [0.5, 0.6) is 5.75 Å². The van der Waals surface area contributed by atoms with Crippen molar-refractivity contribution in [3.63, 3.8) is 0 Å². The Labute approximate surface area is 140 Å². The number of hydrogen-bond donors (Lipinski definition) is 2. The zero-order valence-corrected chi connectivity index (χ0v) is 14.0. The van der Waals surface area contributed by atoms with E-state index in [1.165, 1.54) is 0 Å². The van der Waals surface area contributed by atoms with Gasteiger partial charge in [0, 0.05) is 11.4 Å². The highest BCUT2D eigenvalue weighted by Crippen LogP contribution is 2.18. The molecule has 1 amide bonds. The van der Waals surface area contributed by atoms with Crippen LogP contribution in [-0.2, 0) is 4.79 Å². The lowest BCUT2D eigenvalue weighted by molar-refractivity contribution is -0.127. The number of aliphatic hydroxyl groups is 1. The van der Waals surface area contributed by atoms with Gasteiger partial charge in [-0.25, -0.2) is 0 Å². The average molecular weight is 331 g/mol. The highest BCUT2D eigenvalue weighted by Gasteiger charge is 2.16. The molecule has 0 saturated heterocycles. The zero-order chi connectivity index (χ0) is 16.7. The van der Waals surface area contributed by atoms with Crippen molar-refractivity contribution in [3.05, 3.63) is 60.2 Å². The number of benzene rings is 2. The summed E-state index contributed by atoms with van der Waals surface area (Å²) in [4.78, 5) is 13.2. The largest absolute Gasteiger partial charge is 0.481 e. The first-order valence-electron chi connectivity index (χ1n) is 7.41. The molecule has 0 bridgehead atoms. The summed E-state index contributed by atoms with van der Waals surface area (Å²) < 4.78 is 5.55. The minimum absolute atomic E-state index is 0.153. The van der Waals surface area contributed by atoms with E-state index >= 15 is 0 Å². The molecule has 0 aliphatic rings. The van der Waals surface area contributed by atoms with Crippen LogP contribution in [0.2, 0.25) is 0 Å². The van der Waals surface area contributed by atoms with Crippen LogP contribution in [0.1, 0.15) is 18.6 Å². The van der Waals surface area contributed by atoms with Gasteiger partial charge in [0.15, 0.2) is 6.10 Å². The molecule has 0 radical (unpaired) electrons. The van der Waals surface area contributed by atoms with Crippen LogP contribution < -0.4 is 10.1 Å². The number of thioether (sulfide) groups is 1. The van der Waals surface area contributed by atoms with Gasteiger partial charge in [0.2, 0.25) is 0 Å². The van der Waals surface area contributed by atoms with E-state index in [4.69, 9.17) is 4.74 Å². The summed E-state index contributed by atoms with van der Waals surface area (Å²) in [5, 5.41) is 12.9. The lowest BCUT2D eigenvalue weighted by atomic mass is 10.1. The van der Waals surface area contributed by atoms with Gasteiger partial charge in [0.05, 0.1) is 6.10 Å². The number of amides is 1. The van der Waals surface area contributed by atoms with Crippen LogP contribution in [-0.4, -0.2) is 29.9 Å². The van der Waals surface area contributed by atoms with Crippen molar-refractivity contribution in [2.45, 2.75) is 24.0 Å². The number of aliphatic hydroxyl groups excluding tert-OH is 1. The second-order valence-corrected chi connectivity index (χ2v) is 5.99. The zero-order valence-electron chi connectivity index (χ0n) is 13.2. The minimum atomic E-state index is -0.737. The molecule has 0 saturated carbocycles. The SMILES string of the molecule is CSc1ccc([C@@H](O)CNC(=O)[C@@H](C)Oc2ccccc2)cc1. The maximum atomic E-state index is 12.0. The fourth-order valence-corrected chi connectivity index (χ4v) is 2.45. The van der Waals surface area contributed by atoms with Crippen molar-refractivity contribution in [3.8, 4) is 5.75 Å². The molecule has 0 heterocycles. The normalized spacial score (nSPS) is 13.2. The topological polar surface area (TPSA) is 58.6 Å². The minimum Gasteiger partial charge on any atom is -0.481 e. The third-order valence-corrected chi connectivity index (χ3v) is 4.14. The van der Waals surface area contributed by atoms with Crippen LogP contribution >= 0.6 is 11.8 Å². The Kier molecular flexibility index (Phi) is 6.50. The van der Waals surface area contributed by atoms with Gasteiger partial charge in [-0.15, -0.1) is 11.8 Å². The molecular weight excluding hydrogens is 310 g/mol. The number of carbonyl (C=O) groups is 1. The van der Waals surface area contributed by atoms with Crippen molar-refractivity contribution >= 4 is 17.7 Å². The summed E-state index contributed by atoms with van der Waals surface area (Å²) in [6, 6.07) is 16.8. The van der Waals surface area contributed by atoms with E-state index in [1.54, 1.807) is 30.8 Å². The van der Waals surface area contributed by atoms with Crippen LogP contribution in [0, 0.1) is 0 Å². The van der Waals surface area contributed by atoms with Crippen molar-refractivity contribution in [1.29, 1.82) is 0 Å². The molecule has 2 rings (SSSR count). The molecule has 0 fully saturated rings. The van der Waals surface area contributed by atoms with Crippen molar-refractivity contribution in [1.82, 2.24) is 5.32 Å². The molecule has 2 N–H and O–H groups in total. The van der Waals surface area contributed by atoms with E-state index in [0.717, 1.165) is 10.5 Å². The molecule has 4 nitrogen and oxygen atoms in total. The number of carbonyl (C=O) groups excluding carboxylic acids is 1. The molecule has 23 heavy (non-hydrogen) atoms. The molecule has 2 aromatic carbocycles. The maximum absolute atomic E-state index is 12.0. The van der Waals surface area contributed by atoms with Gasteiger partial charge in [-0.2, -0.15) is 0 Å². The highest BCUT2D eigenvalue weighted by molar-refractivity contribution is 7.98. The fraction of sp³-hybridized carbons (Fsp3) is 0.278. The average Bonchev–Trinajstić information content (AvgIpc) is 2.60. The fourth-order valence-electron chi connectivity index (χ4n) is 2.04. The number of para-hydroxylation sites is 1. The summed E-state index contributed by atoms with van der Waals surface area (Å²) in [7, 11) is 0. The highest BCUT2D eigenvalue weighted by atomic mass is 32.2. The van der Waals surface area contributed by atoms with Gasteiger partial charge >= 0.3 is 0 Å². The number of hydrogen-bond acceptors (Lipinski definition) is 4. The molecular formula is C18H21NO3S. The van der Waals surface area contributed by atoms with Gasteiger partial charge in [0.1, 0.15) is 5.75 Å². The molecule has 0 aliphatic heterocycles. The lowest BCUT2D eigenvalue weighted by Crippen LogP contribution is -2.38. The first-order valence-corrected chi connectivity index (χ1v) is 8.64. The smallest absolute Gasteiger partial charge is 0.260 e. The molecule has 0 aromatic heterocycles. The number of nitrogens with one attached hydrogen (secondary N) is 1. The third kappa shape index (κ3) is 5.30. The van der Waals surface area contributed by atoms with Gasteiger partial charge in [0.25, 0.3) is 5.91 Å². The van der Waals surface area contributed by atoms with Crippen LogP contribution in [0.3, 0.4) is 0 Å². The van der Waals surface area contributed by atoms with Gasteiger partial charge in [-0.05, 0) is 43.0 Å². The molecule has 0 spiro atoms. The molecule has 0 aliphatic carbocycles. The second-order valence-electron chi connectivity index (χ2n) is 5.11. The molecule has 0 unspecified atom stereocenters. The van der Waals surface area contributed by atoms with E-state index in [0.29, 0.717) is 5.75 Å². The standard InChI is InChI=1S/C18H21NO3S/c1-13(22-15-6-4-3-5-7-15)18(21)19-12-17(20)14-8-10-16(23-2)11-9-14/h3-11,13,17,20H,12H2,1-2H3,(H,19,21)/t13-,17+/m1/s1. The van der Waals surface area contributed by atoms with E-state index < -0.39 is 12.2 Å². The Morgan fingerprint density at radius 1 is 1.17 bits per heavy atom. The van der Waals surface area contributed by atoms with E-state index in [2.05, 4.69) is 5.32 Å². The monoisotopic (exact) mass is 331 g/mol. The van der Waals surface area contributed by atoms with Gasteiger partial charge < -0.3 is 15.2 Å². The second kappa shape index (κ2) is 8.60. The van der Waals surface area contributed by atoms with Crippen LogP contribution in [0.4, 0.5) is 0 Å². The van der Waals surface area contributed by atoms with Gasteiger partial charge in [-0.3, -0.25) is 4.79 Å². The van der Waals surface area contributed by atoms with Crippen molar-refractivity contribution < 1.29 is 14.6 Å².